The Bertz CT molecular complexity index is 480. The molecule has 0 bridgehead atoms. The van der Waals surface area contributed by atoms with Gasteiger partial charge in [-0.25, -0.2) is 0 Å². The molecule has 0 saturated carbocycles. The van der Waals surface area contributed by atoms with Crippen LogP contribution in [0.1, 0.15) is 0 Å². The molecule has 0 fully saturated rings. The van der Waals surface area contributed by atoms with Gasteiger partial charge in [-0.15, -0.1) is 5.10 Å². The van der Waals surface area contributed by atoms with Crippen molar-refractivity contribution >= 4 is 32.7 Å². The average molecular weight is 243 g/mol. The highest BCUT2D eigenvalue weighted by atomic mass is 79.9. The van der Waals surface area contributed by atoms with Crippen molar-refractivity contribution in [2.75, 3.05) is 0 Å². The largest absolute Gasteiger partial charge is 0.299 e. The van der Waals surface area contributed by atoms with Crippen molar-refractivity contribution in [3.63, 3.8) is 0 Å². The molecule has 0 aliphatic rings. The number of H-pyrrole nitrogens is 1. The second kappa shape index (κ2) is 2.77. The first-order valence-corrected chi connectivity index (χ1v) is 4.13. The predicted octanol–water partition coefficient (Wildman–Crippen LogP) is 1.63. The zero-order valence-electron chi connectivity index (χ0n) is 6.19. The number of nitrogens with one attached hydrogen (secondary N) is 1. The Morgan fingerprint density at radius 1 is 1.38 bits per heavy atom. The van der Waals surface area contributed by atoms with Gasteiger partial charge in [-0.1, -0.05) is 0 Å². The lowest BCUT2D eigenvalue weighted by Gasteiger charge is -1.92. The van der Waals surface area contributed by atoms with Crippen molar-refractivity contribution in [3.05, 3.63) is 26.7 Å². The number of nitrogens with zero attached hydrogens (tertiary/aromatic N) is 3. The Kier molecular flexibility index (Phi) is 1.73. The van der Waals surface area contributed by atoms with E-state index >= 15 is 0 Å². The summed E-state index contributed by atoms with van der Waals surface area (Å²) in [6.07, 6.45) is 0. The summed E-state index contributed by atoms with van der Waals surface area (Å²) in [7, 11) is 0. The van der Waals surface area contributed by atoms with E-state index in [1.807, 2.05) is 0 Å². The first-order valence-electron chi connectivity index (χ1n) is 3.33. The number of hydrogen-bond acceptors (Lipinski definition) is 4. The van der Waals surface area contributed by atoms with Crippen LogP contribution in [0.3, 0.4) is 0 Å². The highest BCUT2D eigenvalue weighted by molar-refractivity contribution is 9.10. The van der Waals surface area contributed by atoms with Gasteiger partial charge in [0.15, 0.2) is 5.52 Å². The third-order valence-corrected chi connectivity index (χ3v) is 2.24. The molecular weight excluding hydrogens is 240 g/mol. The molecule has 1 aromatic heterocycles. The van der Waals surface area contributed by atoms with E-state index in [0.717, 1.165) is 0 Å². The van der Waals surface area contributed by atoms with Crippen molar-refractivity contribution in [3.8, 4) is 0 Å². The molecule has 66 valence electrons. The summed E-state index contributed by atoms with van der Waals surface area (Å²) in [6.45, 7) is 0. The monoisotopic (exact) mass is 242 g/mol. The zero-order valence-corrected chi connectivity index (χ0v) is 7.78. The van der Waals surface area contributed by atoms with E-state index in [1.54, 1.807) is 6.07 Å². The van der Waals surface area contributed by atoms with Gasteiger partial charge < -0.3 is 0 Å². The number of aromatic amines is 1. The molecule has 7 heteroatoms. The summed E-state index contributed by atoms with van der Waals surface area (Å²) in [5.41, 5.74) is 0.681. The fourth-order valence-corrected chi connectivity index (χ4v) is 1.44. The minimum atomic E-state index is -0.489. The van der Waals surface area contributed by atoms with E-state index in [0.29, 0.717) is 9.99 Å². The van der Waals surface area contributed by atoms with Gasteiger partial charge in [0.2, 0.25) is 0 Å². The Morgan fingerprint density at radius 2 is 2.08 bits per heavy atom. The Morgan fingerprint density at radius 3 is 2.77 bits per heavy atom. The standard InChI is InChI=1S/C6H3BrN4O2/c7-3-1-2-4(11(12)13)6-5(3)8-10-9-6/h1-2H,(H,8,9,10). The van der Waals surface area contributed by atoms with Crippen LogP contribution in [0.25, 0.3) is 11.0 Å². The fraction of sp³-hybridized carbons (Fsp3) is 0. The van der Waals surface area contributed by atoms with Crippen LogP contribution in [-0.4, -0.2) is 20.3 Å². The minimum Gasteiger partial charge on any atom is -0.258 e. The Hall–Kier alpha value is -1.50. The maximum Gasteiger partial charge on any atom is 0.299 e. The molecule has 0 radical (unpaired) electrons. The van der Waals surface area contributed by atoms with Gasteiger partial charge in [-0.2, -0.15) is 10.3 Å². The average Bonchev–Trinajstić information content (AvgIpc) is 2.53. The van der Waals surface area contributed by atoms with Gasteiger partial charge in [-0.3, -0.25) is 10.1 Å². The molecule has 0 atom stereocenters. The summed E-state index contributed by atoms with van der Waals surface area (Å²) in [5.74, 6) is 0. The maximum atomic E-state index is 10.5. The second-order valence-electron chi connectivity index (χ2n) is 2.34. The first-order chi connectivity index (χ1) is 6.20. The van der Waals surface area contributed by atoms with Gasteiger partial charge in [-0.05, 0) is 22.0 Å². The Labute approximate surface area is 80.2 Å². The number of benzene rings is 1. The van der Waals surface area contributed by atoms with Gasteiger partial charge in [0.1, 0.15) is 5.52 Å². The number of hydrogen-bond donors (Lipinski definition) is 1. The molecule has 0 spiro atoms. The second-order valence-corrected chi connectivity index (χ2v) is 3.20. The molecule has 0 amide bonds. The van der Waals surface area contributed by atoms with Crippen molar-refractivity contribution in [2.24, 2.45) is 0 Å². The molecular formula is C6H3BrN4O2. The van der Waals surface area contributed by atoms with Crippen molar-refractivity contribution in [2.45, 2.75) is 0 Å². The van der Waals surface area contributed by atoms with E-state index < -0.39 is 4.92 Å². The van der Waals surface area contributed by atoms with E-state index in [1.165, 1.54) is 6.07 Å². The lowest BCUT2D eigenvalue weighted by Crippen LogP contribution is -1.89. The van der Waals surface area contributed by atoms with E-state index in [4.69, 9.17) is 0 Å². The molecule has 0 aliphatic carbocycles. The molecule has 0 unspecified atom stereocenters. The number of nitro benzene ring substituents is 1. The number of nitro groups is 1. The molecule has 0 aliphatic heterocycles. The van der Waals surface area contributed by atoms with Crippen LogP contribution in [0, 0.1) is 10.1 Å². The third-order valence-electron chi connectivity index (χ3n) is 1.60. The molecule has 2 aromatic rings. The molecule has 1 N–H and O–H groups in total. The van der Waals surface area contributed by atoms with Gasteiger partial charge in [0, 0.05) is 10.5 Å². The summed E-state index contributed by atoms with van der Waals surface area (Å²) >= 11 is 3.21. The van der Waals surface area contributed by atoms with E-state index in [-0.39, 0.29) is 11.2 Å². The Balaban J connectivity index is 2.86. The minimum absolute atomic E-state index is 0.0491. The van der Waals surface area contributed by atoms with Crippen LogP contribution in [0.4, 0.5) is 5.69 Å². The van der Waals surface area contributed by atoms with Crippen LogP contribution in [-0.2, 0) is 0 Å². The molecule has 0 saturated heterocycles. The van der Waals surface area contributed by atoms with E-state index in [9.17, 15) is 10.1 Å². The highest BCUT2D eigenvalue weighted by Gasteiger charge is 2.16. The number of halogens is 1. The molecule has 13 heavy (non-hydrogen) atoms. The normalized spacial score (nSPS) is 10.5. The van der Waals surface area contributed by atoms with E-state index in [2.05, 4.69) is 31.3 Å². The number of rotatable bonds is 1. The smallest absolute Gasteiger partial charge is 0.258 e. The van der Waals surface area contributed by atoms with Crippen LogP contribution >= 0.6 is 15.9 Å². The predicted molar refractivity (Wildman–Crippen MR) is 48.2 cm³/mol. The van der Waals surface area contributed by atoms with Crippen molar-refractivity contribution < 1.29 is 4.92 Å². The topological polar surface area (TPSA) is 84.7 Å². The zero-order chi connectivity index (χ0) is 9.42. The van der Waals surface area contributed by atoms with Crippen LogP contribution in [0.5, 0.6) is 0 Å². The fourth-order valence-electron chi connectivity index (χ4n) is 1.03. The number of fused-ring (bicyclic) bond motifs is 1. The first kappa shape index (κ1) is 8.11. The number of non-ortho nitro benzene ring substituents is 1. The lowest BCUT2D eigenvalue weighted by molar-refractivity contribution is -0.383. The highest BCUT2D eigenvalue weighted by Crippen LogP contribution is 2.27. The van der Waals surface area contributed by atoms with Gasteiger partial charge in [0.25, 0.3) is 5.69 Å². The van der Waals surface area contributed by atoms with Crippen molar-refractivity contribution in [1.82, 2.24) is 15.4 Å². The summed E-state index contributed by atoms with van der Waals surface area (Å²) in [4.78, 5) is 10.0. The summed E-state index contributed by atoms with van der Waals surface area (Å²) < 4.78 is 0.682. The van der Waals surface area contributed by atoms with Gasteiger partial charge in [0.05, 0.1) is 4.92 Å². The molecule has 2 rings (SSSR count). The molecule has 1 aromatic carbocycles. The third kappa shape index (κ3) is 1.17. The summed E-state index contributed by atoms with van der Waals surface area (Å²) in [6, 6.07) is 2.96. The van der Waals surface area contributed by atoms with Crippen LogP contribution in [0.2, 0.25) is 0 Å². The molecule has 1 heterocycles. The quantitative estimate of drug-likeness (QED) is 0.609. The van der Waals surface area contributed by atoms with Crippen LogP contribution < -0.4 is 0 Å². The molecule has 6 nitrogen and oxygen atoms in total. The van der Waals surface area contributed by atoms with Crippen LogP contribution in [0.15, 0.2) is 16.6 Å². The van der Waals surface area contributed by atoms with Crippen molar-refractivity contribution in [1.29, 1.82) is 0 Å². The SMILES string of the molecule is O=[N+]([O-])c1ccc(Br)c2n[nH]nc12. The lowest BCUT2D eigenvalue weighted by atomic mass is 10.3. The number of aromatic nitrogens is 3. The maximum absolute atomic E-state index is 10.5. The van der Waals surface area contributed by atoms with Gasteiger partial charge >= 0.3 is 0 Å². The summed E-state index contributed by atoms with van der Waals surface area (Å²) in [5, 5.41) is 20.3.